The summed E-state index contributed by atoms with van der Waals surface area (Å²) in [6.45, 7) is 0.536. The largest absolute Gasteiger partial charge is 0.374 e. The zero-order chi connectivity index (χ0) is 6.53. The van der Waals surface area contributed by atoms with Crippen LogP contribution in [-0.2, 0) is 11.3 Å². The van der Waals surface area contributed by atoms with Gasteiger partial charge in [-0.3, -0.25) is 4.98 Å². The van der Waals surface area contributed by atoms with Crippen LogP contribution in [0.15, 0.2) is 24.5 Å². The third-order valence-corrected chi connectivity index (χ3v) is 0.992. The first kappa shape index (κ1) is 6.23. The molecule has 0 aliphatic rings. The molecule has 2 heteroatoms. The lowest BCUT2D eigenvalue weighted by molar-refractivity contribution is 0.228. The van der Waals surface area contributed by atoms with E-state index in [-0.39, 0.29) is 0 Å². The average molecular weight is 122 g/mol. The fourth-order valence-corrected chi connectivity index (χ4v) is 0.601. The highest BCUT2D eigenvalue weighted by molar-refractivity contribution is 5.06. The zero-order valence-corrected chi connectivity index (χ0v) is 5.08. The van der Waals surface area contributed by atoms with E-state index in [4.69, 9.17) is 0 Å². The SMILES string of the molecule is [CH2]OCc1cccnc1. The third-order valence-electron chi connectivity index (χ3n) is 0.992. The van der Waals surface area contributed by atoms with Crippen LogP contribution < -0.4 is 0 Å². The Bertz CT molecular complexity index is 162. The molecule has 0 saturated heterocycles. The Hall–Kier alpha value is -0.890. The Morgan fingerprint density at radius 3 is 3.11 bits per heavy atom. The van der Waals surface area contributed by atoms with Gasteiger partial charge >= 0.3 is 0 Å². The maximum Gasteiger partial charge on any atom is 0.0732 e. The maximum absolute atomic E-state index is 4.64. The number of hydrogen-bond donors (Lipinski definition) is 0. The lowest BCUT2D eigenvalue weighted by Crippen LogP contribution is -1.84. The summed E-state index contributed by atoms with van der Waals surface area (Å²) in [7, 11) is 3.25. The molecule has 0 atom stereocenters. The van der Waals surface area contributed by atoms with E-state index < -0.39 is 0 Å². The highest BCUT2D eigenvalue weighted by Gasteiger charge is 1.85. The van der Waals surface area contributed by atoms with E-state index in [9.17, 15) is 0 Å². The van der Waals surface area contributed by atoms with Gasteiger partial charge in [-0.1, -0.05) is 6.07 Å². The van der Waals surface area contributed by atoms with Crippen LogP contribution in [0.5, 0.6) is 0 Å². The molecule has 0 N–H and O–H groups in total. The monoisotopic (exact) mass is 122 g/mol. The van der Waals surface area contributed by atoms with Crippen molar-refractivity contribution in [2.24, 2.45) is 0 Å². The topological polar surface area (TPSA) is 22.1 Å². The summed E-state index contributed by atoms with van der Waals surface area (Å²) in [4.78, 5) is 3.90. The smallest absolute Gasteiger partial charge is 0.0732 e. The van der Waals surface area contributed by atoms with Gasteiger partial charge in [0.25, 0.3) is 0 Å². The van der Waals surface area contributed by atoms with Crippen LogP contribution in [0.25, 0.3) is 0 Å². The van der Waals surface area contributed by atoms with Gasteiger partial charge in [-0.2, -0.15) is 0 Å². The molecule has 0 aliphatic carbocycles. The average Bonchev–Trinajstić information content (AvgIpc) is 1.91. The molecule has 0 aliphatic heterocycles. The van der Waals surface area contributed by atoms with Crippen LogP contribution in [0.2, 0.25) is 0 Å². The highest BCUT2D eigenvalue weighted by atomic mass is 16.5. The second kappa shape index (κ2) is 3.20. The van der Waals surface area contributed by atoms with Crippen molar-refractivity contribution in [1.29, 1.82) is 0 Å². The summed E-state index contributed by atoms with van der Waals surface area (Å²) < 4.78 is 4.64. The van der Waals surface area contributed by atoms with Gasteiger partial charge in [0.2, 0.25) is 0 Å². The molecule has 0 spiro atoms. The molecule has 1 aromatic rings. The van der Waals surface area contributed by atoms with Crippen molar-refractivity contribution in [2.45, 2.75) is 6.61 Å². The quantitative estimate of drug-likeness (QED) is 0.591. The lowest BCUT2D eigenvalue weighted by Gasteiger charge is -1.94. The molecule has 47 valence electrons. The maximum atomic E-state index is 4.64. The molecule has 1 radical (unpaired) electrons. The fraction of sp³-hybridized carbons (Fsp3) is 0.143. The summed E-state index contributed by atoms with van der Waals surface area (Å²) in [6.07, 6.45) is 3.48. The normalized spacial score (nSPS) is 9.44. The van der Waals surface area contributed by atoms with Gasteiger partial charge in [0.1, 0.15) is 0 Å². The Morgan fingerprint density at radius 2 is 2.56 bits per heavy atom. The summed E-state index contributed by atoms with van der Waals surface area (Å²) in [5.41, 5.74) is 1.05. The van der Waals surface area contributed by atoms with Gasteiger partial charge < -0.3 is 4.74 Å². The number of aromatic nitrogens is 1. The molecule has 0 unspecified atom stereocenters. The highest BCUT2D eigenvalue weighted by Crippen LogP contribution is 1.95. The van der Waals surface area contributed by atoms with Gasteiger partial charge in [-0.05, 0) is 11.6 Å². The molecule has 0 amide bonds. The summed E-state index contributed by atoms with van der Waals surface area (Å²) in [5.74, 6) is 0. The van der Waals surface area contributed by atoms with Crippen molar-refractivity contribution in [2.75, 3.05) is 0 Å². The minimum absolute atomic E-state index is 0.536. The Morgan fingerprint density at radius 1 is 1.67 bits per heavy atom. The van der Waals surface area contributed by atoms with Crippen LogP contribution >= 0.6 is 0 Å². The van der Waals surface area contributed by atoms with E-state index in [0.29, 0.717) is 6.61 Å². The first-order valence-electron chi connectivity index (χ1n) is 2.69. The Kier molecular flexibility index (Phi) is 2.22. The second-order valence-corrected chi connectivity index (χ2v) is 1.71. The standard InChI is InChI=1S/C7H8NO/c1-9-6-7-3-2-4-8-5-7/h2-5H,1,6H2. The second-order valence-electron chi connectivity index (χ2n) is 1.71. The molecule has 9 heavy (non-hydrogen) atoms. The molecule has 2 nitrogen and oxygen atoms in total. The van der Waals surface area contributed by atoms with Crippen LogP contribution in [0.1, 0.15) is 5.56 Å². The molecular weight excluding hydrogens is 114 g/mol. The van der Waals surface area contributed by atoms with Gasteiger partial charge in [0, 0.05) is 12.4 Å². The molecule has 0 saturated carbocycles. The minimum atomic E-state index is 0.536. The molecule has 1 rings (SSSR count). The van der Waals surface area contributed by atoms with Crippen molar-refractivity contribution in [1.82, 2.24) is 4.98 Å². The molecule has 0 fully saturated rings. The van der Waals surface area contributed by atoms with Crippen molar-refractivity contribution >= 4 is 0 Å². The Labute approximate surface area is 54.5 Å². The number of nitrogens with zero attached hydrogens (tertiary/aromatic N) is 1. The van der Waals surface area contributed by atoms with Crippen LogP contribution in [0.3, 0.4) is 0 Å². The van der Waals surface area contributed by atoms with E-state index in [1.54, 1.807) is 12.4 Å². The number of ether oxygens (including phenoxy) is 1. The first-order valence-corrected chi connectivity index (χ1v) is 2.69. The predicted molar refractivity (Wildman–Crippen MR) is 34.4 cm³/mol. The van der Waals surface area contributed by atoms with Crippen molar-refractivity contribution < 1.29 is 4.74 Å². The van der Waals surface area contributed by atoms with Crippen molar-refractivity contribution in [3.05, 3.63) is 37.2 Å². The number of rotatable bonds is 2. The Balaban J connectivity index is 2.61. The zero-order valence-electron chi connectivity index (χ0n) is 5.08. The van der Waals surface area contributed by atoms with E-state index >= 15 is 0 Å². The van der Waals surface area contributed by atoms with Gasteiger partial charge in [0.05, 0.1) is 13.7 Å². The molecule has 1 aromatic heterocycles. The van der Waals surface area contributed by atoms with Gasteiger partial charge in [-0.25, -0.2) is 0 Å². The van der Waals surface area contributed by atoms with Crippen LogP contribution in [0, 0.1) is 7.11 Å². The van der Waals surface area contributed by atoms with Crippen molar-refractivity contribution in [3.63, 3.8) is 0 Å². The summed E-state index contributed by atoms with van der Waals surface area (Å²) in [6, 6.07) is 3.81. The molecule has 1 heterocycles. The first-order chi connectivity index (χ1) is 4.43. The minimum Gasteiger partial charge on any atom is -0.374 e. The van der Waals surface area contributed by atoms with E-state index in [0.717, 1.165) is 5.56 Å². The molecule has 0 bridgehead atoms. The predicted octanol–water partition coefficient (Wildman–Crippen LogP) is 1.39. The lowest BCUT2D eigenvalue weighted by atomic mass is 10.3. The van der Waals surface area contributed by atoms with E-state index in [1.165, 1.54) is 0 Å². The van der Waals surface area contributed by atoms with E-state index in [2.05, 4.69) is 16.8 Å². The van der Waals surface area contributed by atoms with Crippen LogP contribution in [0.4, 0.5) is 0 Å². The van der Waals surface area contributed by atoms with Gasteiger partial charge in [0.15, 0.2) is 0 Å². The molecule has 0 aromatic carbocycles. The van der Waals surface area contributed by atoms with Crippen molar-refractivity contribution in [3.8, 4) is 0 Å². The summed E-state index contributed by atoms with van der Waals surface area (Å²) >= 11 is 0. The number of hydrogen-bond acceptors (Lipinski definition) is 2. The molecular formula is C7H8NO. The number of pyridine rings is 1. The van der Waals surface area contributed by atoms with Crippen LogP contribution in [-0.4, -0.2) is 4.98 Å². The summed E-state index contributed by atoms with van der Waals surface area (Å²) in [5, 5.41) is 0. The third kappa shape index (κ3) is 1.82. The van der Waals surface area contributed by atoms with E-state index in [1.807, 2.05) is 12.1 Å². The van der Waals surface area contributed by atoms with Gasteiger partial charge in [-0.15, -0.1) is 0 Å². The fourth-order valence-electron chi connectivity index (χ4n) is 0.601.